The SMILES string of the molecule is C[C@@]1(C(F)(F)F)CN(c2ccc([C@H]3C(F)(F)[C@]3(C)C(=O)NC3CC(S(C)(=O)=O)C3)cc2)c2cnc3cc(Cl)nn3c21. The molecule has 1 aromatic carbocycles. The molecule has 2 saturated carbocycles. The van der Waals surface area contributed by atoms with E-state index in [1.54, 1.807) is 0 Å². The normalized spacial score (nSPS) is 30.7. The zero-order valence-electron chi connectivity index (χ0n) is 22.0. The molecule has 2 fully saturated rings. The minimum atomic E-state index is -4.66. The first kappa shape index (κ1) is 28.1. The fourth-order valence-corrected chi connectivity index (χ4v) is 7.45. The number of alkyl halides is 5. The van der Waals surface area contributed by atoms with Crippen LogP contribution in [0.5, 0.6) is 0 Å². The Morgan fingerprint density at radius 1 is 1.15 bits per heavy atom. The van der Waals surface area contributed by atoms with Crippen molar-refractivity contribution in [3.63, 3.8) is 0 Å². The summed E-state index contributed by atoms with van der Waals surface area (Å²) in [6.45, 7) is 1.72. The summed E-state index contributed by atoms with van der Waals surface area (Å²) in [7, 11) is -3.27. The minimum Gasteiger partial charge on any atom is -0.353 e. The highest BCUT2D eigenvalue weighted by Crippen LogP contribution is 2.71. The summed E-state index contributed by atoms with van der Waals surface area (Å²) in [5, 5.41) is 5.95. The molecule has 3 heterocycles. The van der Waals surface area contributed by atoms with E-state index in [1.165, 1.54) is 41.4 Å². The van der Waals surface area contributed by atoms with Crippen molar-refractivity contribution in [1.29, 1.82) is 0 Å². The number of fused-ring (bicyclic) bond motifs is 3. The molecule has 1 aliphatic heterocycles. The van der Waals surface area contributed by atoms with Crippen LogP contribution in [0, 0.1) is 5.41 Å². The zero-order valence-corrected chi connectivity index (χ0v) is 23.6. The Balaban J connectivity index is 1.26. The van der Waals surface area contributed by atoms with Gasteiger partial charge >= 0.3 is 6.18 Å². The molecule has 0 radical (unpaired) electrons. The van der Waals surface area contributed by atoms with E-state index in [1.807, 2.05) is 0 Å². The summed E-state index contributed by atoms with van der Waals surface area (Å²) in [6, 6.07) is 6.51. The maximum atomic E-state index is 15.1. The third-order valence-corrected chi connectivity index (χ3v) is 10.7. The van der Waals surface area contributed by atoms with Gasteiger partial charge in [0.1, 0.15) is 20.7 Å². The average Bonchev–Trinajstić information content (AvgIpc) is 3.12. The minimum absolute atomic E-state index is 0.0109. The van der Waals surface area contributed by atoms with Gasteiger partial charge in [-0.2, -0.15) is 18.3 Å². The Kier molecular flexibility index (Phi) is 5.85. The number of nitrogens with one attached hydrogen (secondary N) is 1. The average molecular weight is 618 g/mol. The Morgan fingerprint density at radius 2 is 1.78 bits per heavy atom. The van der Waals surface area contributed by atoms with Crippen molar-refractivity contribution in [1.82, 2.24) is 19.9 Å². The number of hydrogen-bond donors (Lipinski definition) is 1. The number of carbonyl (C=O) groups is 1. The van der Waals surface area contributed by atoms with Crippen LogP contribution in [0.4, 0.5) is 33.3 Å². The summed E-state index contributed by atoms with van der Waals surface area (Å²) in [5.74, 6) is -5.69. The molecular formula is C26H25ClF5N5O3S. The predicted molar refractivity (Wildman–Crippen MR) is 140 cm³/mol. The van der Waals surface area contributed by atoms with Crippen LogP contribution in [0.3, 0.4) is 0 Å². The van der Waals surface area contributed by atoms with E-state index in [9.17, 15) is 26.4 Å². The number of benzene rings is 1. The lowest BCUT2D eigenvalue weighted by atomic mass is 9.87. The van der Waals surface area contributed by atoms with Gasteiger partial charge in [0.25, 0.3) is 5.92 Å². The van der Waals surface area contributed by atoms with E-state index < -0.39 is 62.4 Å². The number of halogens is 6. The molecule has 6 rings (SSSR count). The highest BCUT2D eigenvalue weighted by Gasteiger charge is 2.82. The molecule has 8 nitrogen and oxygen atoms in total. The van der Waals surface area contributed by atoms with Crippen LogP contribution >= 0.6 is 11.6 Å². The molecule has 2 aromatic heterocycles. The van der Waals surface area contributed by atoms with E-state index in [0.29, 0.717) is 5.69 Å². The summed E-state index contributed by atoms with van der Waals surface area (Å²) in [5.41, 5.74) is -3.74. The molecule has 3 atom stereocenters. The lowest BCUT2D eigenvalue weighted by Crippen LogP contribution is -2.51. The van der Waals surface area contributed by atoms with Gasteiger partial charge in [0.15, 0.2) is 10.8 Å². The van der Waals surface area contributed by atoms with Crippen LogP contribution in [0.1, 0.15) is 43.9 Å². The molecule has 220 valence electrons. The van der Waals surface area contributed by atoms with Crippen molar-refractivity contribution in [3.05, 3.63) is 52.9 Å². The Labute approximate surface area is 236 Å². The smallest absolute Gasteiger partial charge is 0.353 e. The predicted octanol–water partition coefficient (Wildman–Crippen LogP) is 4.79. The van der Waals surface area contributed by atoms with Crippen molar-refractivity contribution in [2.75, 3.05) is 17.7 Å². The summed E-state index contributed by atoms with van der Waals surface area (Å²) >= 11 is 5.95. The Hall–Kier alpha value is -3.00. The van der Waals surface area contributed by atoms with E-state index in [-0.39, 0.29) is 40.6 Å². The topological polar surface area (TPSA) is 96.7 Å². The number of hydrogen-bond acceptors (Lipinski definition) is 6. The number of aromatic nitrogens is 3. The second-order valence-corrected chi connectivity index (χ2v) is 14.3. The maximum absolute atomic E-state index is 15.1. The number of anilines is 2. The van der Waals surface area contributed by atoms with E-state index in [2.05, 4.69) is 15.4 Å². The first-order valence-corrected chi connectivity index (χ1v) is 15.1. The van der Waals surface area contributed by atoms with Gasteiger partial charge in [-0.1, -0.05) is 23.7 Å². The molecule has 1 N–H and O–H groups in total. The van der Waals surface area contributed by atoms with Crippen LogP contribution < -0.4 is 10.2 Å². The van der Waals surface area contributed by atoms with Crippen molar-refractivity contribution in [2.24, 2.45) is 5.41 Å². The quantitative estimate of drug-likeness (QED) is 0.414. The molecule has 3 aromatic rings. The van der Waals surface area contributed by atoms with Gasteiger partial charge < -0.3 is 10.2 Å². The molecule has 15 heteroatoms. The van der Waals surface area contributed by atoms with Crippen LogP contribution in [-0.4, -0.2) is 65.1 Å². The van der Waals surface area contributed by atoms with E-state index in [4.69, 9.17) is 11.6 Å². The van der Waals surface area contributed by atoms with Gasteiger partial charge in [-0.25, -0.2) is 26.7 Å². The fraction of sp³-hybridized carbons (Fsp3) is 0.500. The molecule has 1 amide bonds. The first-order valence-electron chi connectivity index (χ1n) is 12.8. The van der Waals surface area contributed by atoms with E-state index >= 15 is 8.78 Å². The van der Waals surface area contributed by atoms with Crippen LogP contribution in [-0.2, 0) is 20.0 Å². The Bertz CT molecular complexity index is 1690. The summed E-state index contributed by atoms with van der Waals surface area (Å²) < 4.78 is 97.7. The highest BCUT2D eigenvalue weighted by molar-refractivity contribution is 7.91. The molecule has 0 spiro atoms. The summed E-state index contributed by atoms with van der Waals surface area (Å²) in [6.07, 6.45) is -1.91. The first-order chi connectivity index (χ1) is 18.9. The van der Waals surface area contributed by atoms with Gasteiger partial charge in [-0.15, -0.1) is 0 Å². The van der Waals surface area contributed by atoms with Gasteiger partial charge in [-0.05, 0) is 44.4 Å². The third-order valence-electron chi connectivity index (χ3n) is 8.94. The molecule has 2 aliphatic carbocycles. The van der Waals surface area contributed by atoms with Gasteiger partial charge in [0, 0.05) is 30.6 Å². The second kappa shape index (κ2) is 8.52. The van der Waals surface area contributed by atoms with Gasteiger partial charge in [-0.3, -0.25) is 4.79 Å². The highest BCUT2D eigenvalue weighted by atomic mass is 35.5. The zero-order chi connectivity index (χ0) is 29.9. The molecule has 41 heavy (non-hydrogen) atoms. The van der Waals surface area contributed by atoms with Crippen molar-refractivity contribution >= 4 is 44.4 Å². The van der Waals surface area contributed by atoms with Crippen LogP contribution in [0.15, 0.2) is 36.5 Å². The lowest BCUT2D eigenvalue weighted by molar-refractivity contribution is -0.181. The van der Waals surface area contributed by atoms with Crippen molar-refractivity contribution < 1.29 is 35.2 Å². The van der Waals surface area contributed by atoms with E-state index in [0.717, 1.165) is 24.6 Å². The molecular weight excluding hydrogens is 593 g/mol. The summed E-state index contributed by atoms with van der Waals surface area (Å²) in [4.78, 5) is 18.5. The maximum Gasteiger partial charge on any atom is 0.401 e. The standard InChI is InChI=1S/C26H25ClF5N5O3S/c1-23(26(30,31)32)12-36(17-11-33-19-10-18(27)35-37(19)21(17)23)15-6-4-13(5-7-15)20-24(2,25(20,28)29)22(38)34-14-8-16(9-14)41(3,39)40/h4-7,10-11,14,16,20H,8-9,12H2,1-3H3,(H,34,38)/t14?,16?,20-,23-,24+/m1/s1. The number of carbonyl (C=O) groups excluding carboxylic acids is 1. The number of nitrogens with zero attached hydrogens (tertiary/aromatic N) is 4. The number of amides is 1. The molecule has 0 bridgehead atoms. The third kappa shape index (κ3) is 3.96. The fourth-order valence-electron chi connectivity index (χ4n) is 6.11. The molecule has 0 saturated heterocycles. The number of sulfone groups is 1. The molecule has 3 aliphatic rings. The lowest BCUT2D eigenvalue weighted by Gasteiger charge is -2.35. The largest absolute Gasteiger partial charge is 0.401 e. The van der Waals surface area contributed by atoms with Gasteiger partial charge in [0.05, 0.1) is 28.7 Å². The monoisotopic (exact) mass is 617 g/mol. The Morgan fingerprint density at radius 3 is 2.37 bits per heavy atom. The second-order valence-electron chi connectivity index (χ2n) is 11.6. The van der Waals surface area contributed by atoms with Crippen LogP contribution in [0.25, 0.3) is 5.65 Å². The van der Waals surface area contributed by atoms with Crippen molar-refractivity contribution in [2.45, 2.75) is 61.4 Å². The number of rotatable bonds is 5. The van der Waals surface area contributed by atoms with Crippen LogP contribution in [0.2, 0.25) is 5.15 Å². The van der Waals surface area contributed by atoms with Gasteiger partial charge in [0.2, 0.25) is 5.91 Å². The molecule has 0 unspecified atom stereocenters. The van der Waals surface area contributed by atoms with Crippen molar-refractivity contribution in [3.8, 4) is 0 Å².